The molecule has 1 aromatic carbocycles. The second-order valence-electron chi connectivity index (χ2n) is 4.91. The highest BCUT2D eigenvalue weighted by Gasteiger charge is 2.29. The molecule has 5 heteroatoms. The molecular weight excluding hydrogens is 306 g/mol. The first kappa shape index (κ1) is 14.3. The van der Waals surface area contributed by atoms with Crippen LogP contribution in [0.4, 0.5) is 5.69 Å². The molecule has 1 unspecified atom stereocenters. The average Bonchev–Trinajstić information content (AvgIpc) is 2.38. The van der Waals surface area contributed by atoms with Crippen LogP contribution in [0.15, 0.2) is 22.7 Å². The van der Waals surface area contributed by atoms with Gasteiger partial charge in [0.2, 0.25) is 5.91 Å². The van der Waals surface area contributed by atoms with Gasteiger partial charge in [-0.05, 0) is 47.0 Å². The van der Waals surface area contributed by atoms with Gasteiger partial charge in [-0.3, -0.25) is 4.79 Å². The van der Waals surface area contributed by atoms with E-state index in [-0.39, 0.29) is 18.0 Å². The summed E-state index contributed by atoms with van der Waals surface area (Å²) in [4.78, 5) is 14.1. The molecular formula is C14H20BrN3O. The maximum Gasteiger partial charge on any atom is 0.242 e. The Hall–Kier alpha value is -1.07. The van der Waals surface area contributed by atoms with E-state index in [1.165, 1.54) is 0 Å². The Bertz CT molecular complexity index is 476. The van der Waals surface area contributed by atoms with Crippen LogP contribution in [0.5, 0.6) is 0 Å². The minimum absolute atomic E-state index is 0.0111. The van der Waals surface area contributed by atoms with E-state index in [4.69, 9.17) is 5.73 Å². The van der Waals surface area contributed by atoms with Crippen molar-refractivity contribution < 1.29 is 4.79 Å². The maximum absolute atomic E-state index is 11.9. The number of nitrogens with zero attached hydrogens (tertiary/aromatic N) is 1. The van der Waals surface area contributed by atoms with Gasteiger partial charge in [0.1, 0.15) is 6.04 Å². The fourth-order valence-corrected chi connectivity index (χ4v) is 3.07. The van der Waals surface area contributed by atoms with E-state index in [1.807, 2.05) is 32.0 Å². The number of nitrogens with two attached hydrogens (primary N) is 1. The van der Waals surface area contributed by atoms with Gasteiger partial charge in [-0.15, -0.1) is 0 Å². The Kier molecular flexibility index (Phi) is 4.47. The zero-order valence-corrected chi connectivity index (χ0v) is 12.9. The number of nitrogens with one attached hydrogen (secondary N) is 1. The molecule has 0 saturated carbocycles. The number of carbonyl (C=O) groups is 1. The van der Waals surface area contributed by atoms with Crippen LogP contribution in [0.2, 0.25) is 0 Å². The van der Waals surface area contributed by atoms with Crippen molar-refractivity contribution in [3.8, 4) is 0 Å². The molecule has 0 radical (unpaired) electrons. The maximum atomic E-state index is 11.9. The Morgan fingerprint density at radius 1 is 1.58 bits per heavy atom. The van der Waals surface area contributed by atoms with Crippen LogP contribution >= 0.6 is 15.9 Å². The smallest absolute Gasteiger partial charge is 0.242 e. The number of carbonyl (C=O) groups excluding carboxylic acids is 1. The van der Waals surface area contributed by atoms with Gasteiger partial charge in [-0.1, -0.05) is 13.0 Å². The second-order valence-corrected chi connectivity index (χ2v) is 5.76. The van der Waals surface area contributed by atoms with Gasteiger partial charge >= 0.3 is 0 Å². The molecule has 19 heavy (non-hydrogen) atoms. The summed E-state index contributed by atoms with van der Waals surface area (Å²) in [6, 6.07) is 6.04. The monoisotopic (exact) mass is 325 g/mol. The number of anilines is 1. The Morgan fingerprint density at radius 3 is 2.89 bits per heavy atom. The lowest BCUT2D eigenvalue weighted by atomic mass is 10.1. The molecule has 1 aliphatic rings. The highest BCUT2D eigenvalue weighted by molar-refractivity contribution is 9.10. The summed E-state index contributed by atoms with van der Waals surface area (Å²) in [6.45, 7) is 5.52. The van der Waals surface area contributed by atoms with Crippen LogP contribution in [-0.2, 0) is 4.79 Å². The van der Waals surface area contributed by atoms with Crippen LogP contribution in [0, 0.1) is 0 Å². The van der Waals surface area contributed by atoms with Crippen molar-refractivity contribution in [2.24, 2.45) is 5.73 Å². The lowest BCUT2D eigenvalue weighted by molar-refractivity contribution is -0.123. The van der Waals surface area contributed by atoms with Crippen LogP contribution < -0.4 is 16.0 Å². The summed E-state index contributed by atoms with van der Waals surface area (Å²) in [5.41, 5.74) is 8.04. The second kappa shape index (κ2) is 5.92. The van der Waals surface area contributed by atoms with E-state index < -0.39 is 0 Å². The molecule has 1 aromatic rings. The van der Waals surface area contributed by atoms with E-state index in [9.17, 15) is 4.79 Å². The molecule has 3 N–H and O–H groups in total. The minimum atomic E-state index is -0.0915. The van der Waals surface area contributed by atoms with Gasteiger partial charge in [0.25, 0.3) is 0 Å². The Labute approximate surface area is 122 Å². The van der Waals surface area contributed by atoms with Gasteiger partial charge in [0.05, 0.1) is 5.69 Å². The van der Waals surface area contributed by atoms with Crippen LogP contribution in [0.3, 0.4) is 0 Å². The van der Waals surface area contributed by atoms with E-state index in [0.29, 0.717) is 6.54 Å². The average molecular weight is 326 g/mol. The number of amides is 1. The Morgan fingerprint density at radius 2 is 2.32 bits per heavy atom. The van der Waals surface area contributed by atoms with Crippen LogP contribution in [-0.4, -0.2) is 25.0 Å². The zero-order valence-electron chi connectivity index (χ0n) is 11.3. The minimum Gasteiger partial charge on any atom is -0.357 e. The molecule has 2 rings (SSSR count). The Balaban J connectivity index is 2.32. The molecule has 104 valence electrons. The first-order valence-electron chi connectivity index (χ1n) is 6.64. The highest BCUT2D eigenvalue weighted by Crippen LogP contribution is 2.31. The van der Waals surface area contributed by atoms with Crippen molar-refractivity contribution in [1.29, 1.82) is 0 Å². The molecule has 1 heterocycles. The third-order valence-corrected chi connectivity index (χ3v) is 4.16. The predicted octanol–water partition coefficient (Wildman–Crippen LogP) is 2.18. The van der Waals surface area contributed by atoms with Crippen molar-refractivity contribution in [2.45, 2.75) is 32.4 Å². The van der Waals surface area contributed by atoms with Crippen molar-refractivity contribution in [1.82, 2.24) is 5.32 Å². The molecule has 1 amide bonds. The number of hydrogen-bond donors (Lipinski definition) is 2. The van der Waals surface area contributed by atoms with Crippen molar-refractivity contribution in [3.05, 3.63) is 28.2 Å². The van der Waals surface area contributed by atoms with E-state index >= 15 is 0 Å². The van der Waals surface area contributed by atoms with Gasteiger partial charge in [-0.25, -0.2) is 0 Å². The van der Waals surface area contributed by atoms with E-state index in [2.05, 4.69) is 26.1 Å². The number of rotatable bonds is 3. The lowest BCUT2D eigenvalue weighted by Crippen LogP contribution is -2.55. The van der Waals surface area contributed by atoms with Gasteiger partial charge in [0.15, 0.2) is 0 Å². The normalized spacial score (nSPS) is 21.2. The zero-order chi connectivity index (χ0) is 14.0. The van der Waals surface area contributed by atoms with E-state index in [1.54, 1.807) is 0 Å². The summed E-state index contributed by atoms with van der Waals surface area (Å²) >= 11 is 3.60. The molecule has 0 spiro atoms. The standard InChI is InChI=1S/C14H20BrN3O/c1-3-12-14(19)17-6-7-18(12)13-5-4-10(9(2)16)8-11(13)15/h4-5,8-9,12H,3,6-7,16H2,1-2H3,(H,17,19)/t9-,12?/m1/s1. The first-order valence-corrected chi connectivity index (χ1v) is 7.43. The summed E-state index contributed by atoms with van der Waals surface area (Å²) in [6.07, 6.45) is 0.799. The molecule has 0 bridgehead atoms. The molecule has 4 nitrogen and oxygen atoms in total. The third-order valence-electron chi connectivity index (χ3n) is 3.52. The number of piperazine rings is 1. The fourth-order valence-electron chi connectivity index (χ4n) is 2.45. The van der Waals surface area contributed by atoms with Crippen LogP contribution in [0.25, 0.3) is 0 Å². The third kappa shape index (κ3) is 2.92. The first-order chi connectivity index (χ1) is 9.04. The van der Waals surface area contributed by atoms with E-state index in [0.717, 1.165) is 28.7 Å². The van der Waals surface area contributed by atoms with Crippen LogP contribution in [0.1, 0.15) is 31.9 Å². The number of halogens is 1. The lowest BCUT2D eigenvalue weighted by Gasteiger charge is -2.37. The van der Waals surface area contributed by atoms with Gasteiger partial charge in [-0.2, -0.15) is 0 Å². The topological polar surface area (TPSA) is 58.4 Å². The van der Waals surface area contributed by atoms with Gasteiger partial charge < -0.3 is 16.0 Å². The molecule has 1 aliphatic heterocycles. The SMILES string of the molecule is CCC1C(=O)NCCN1c1ccc([C@@H](C)N)cc1Br. The fraction of sp³-hybridized carbons (Fsp3) is 0.500. The van der Waals surface area contributed by atoms with Crippen molar-refractivity contribution >= 4 is 27.5 Å². The summed E-state index contributed by atoms with van der Waals surface area (Å²) in [5.74, 6) is 0.108. The quantitative estimate of drug-likeness (QED) is 0.895. The summed E-state index contributed by atoms with van der Waals surface area (Å²) < 4.78 is 0.996. The molecule has 1 fully saturated rings. The number of hydrogen-bond acceptors (Lipinski definition) is 3. The largest absolute Gasteiger partial charge is 0.357 e. The number of benzene rings is 1. The molecule has 0 aliphatic carbocycles. The molecule has 0 aromatic heterocycles. The predicted molar refractivity (Wildman–Crippen MR) is 81.2 cm³/mol. The summed E-state index contributed by atoms with van der Waals surface area (Å²) in [5, 5.41) is 2.92. The van der Waals surface area contributed by atoms with Crippen molar-refractivity contribution in [3.63, 3.8) is 0 Å². The van der Waals surface area contributed by atoms with Gasteiger partial charge in [0, 0.05) is 23.6 Å². The summed E-state index contributed by atoms with van der Waals surface area (Å²) in [7, 11) is 0. The van der Waals surface area contributed by atoms with Crippen molar-refractivity contribution in [2.75, 3.05) is 18.0 Å². The highest BCUT2D eigenvalue weighted by atomic mass is 79.9. The molecule has 2 atom stereocenters. The molecule has 1 saturated heterocycles.